The van der Waals surface area contributed by atoms with Crippen molar-refractivity contribution >= 4 is 27.5 Å². The fourth-order valence-electron chi connectivity index (χ4n) is 3.62. The van der Waals surface area contributed by atoms with Crippen LogP contribution in [0.25, 0.3) is 0 Å². The van der Waals surface area contributed by atoms with Gasteiger partial charge in [0.05, 0.1) is 25.0 Å². The maximum Gasteiger partial charge on any atom is 0.156 e. The zero-order valence-corrected chi connectivity index (χ0v) is 17.7. The van der Waals surface area contributed by atoms with Crippen LogP contribution in [0.2, 0.25) is 0 Å². The van der Waals surface area contributed by atoms with Crippen LogP contribution >= 0.6 is 15.9 Å². The summed E-state index contributed by atoms with van der Waals surface area (Å²) in [7, 11) is 1.63. The number of aliphatic hydroxyl groups excluding tert-OH is 1. The zero-order valence-electron chi connectivity index (χ0n) is 16.1. The summed E-state index contributed by atoms with van der Waals surface area (Å²) in [6, 6.07) is 20.3. The molecule has 0 radical (unpaired) electrons. The molecule has 0 bridgehead atoms. The third-order valence-electron chi connectivity index (χ3n) is 4.97. The number of aliphatic hydroxyl groups is 1. The van der Waals surface area contributed by atoms with E-state index in [1.54, 1.807) is 13.3 Å². The maximum absolute atomic E-state index is 9.51. The summed E-state index contributed by atoms with van der Waals surface area (Å²) >= 11 is 3.61. The summed E-state index contributed by atoms with van der Waals surface area (Å²) < 4.78 is 6.27. The van der Waals surface area contributed by atoms with Crippen molar-refractivity contribution in [3.8, 4) is 5.75 Å². The van der Waals surface area contributed by atoms with E-state index in [1.165, 1.54) is 5.56 Å². The third-order valence-corrected chi connectivity index (χ3v) is 5.46. The molecular formula is C23H22BrN3O2. The molecule has 3 aromatic rings. The van der Waals surface area contributed by atoms with E-state index in [0.717, 1.165) is 27.3 Å². The van der Waals surface area contributed by atoms with Crippen LogP contribution < -0.4 is 4.74 Å². The summed E-state index contributed by atoms with van der Waals surface area (Å²) in [5.41, 5.74) is 4.00. The number of ether oxygens (including phenoxy) is 1. The van der Waals surface area contributed by atoms with E-state index in [-0.39, 0.29) is 12.6 Å². The first-order chi connectivity index (χ1) is 14.2. The second kappa shape index (κ2) is 8.76. The topological polar surface area (TPSA) is 58.0 Å². The fraction of sp³-hybridized carbons (Fsp3) is 0.217. The number of amidine groups is 1. The number of methoxy groups -OCH3 is 1. The Morgan fingerprint density at radius 1 is 1.10 bits per heavy atom. The highest BCUT2D eigenvalue weighted by molar-refractivity contribution is 9.10. The molecule has 4 rings (SSSR count). The Morgan fingerprint density at radius 2 is 1.93 bits per heavy atom. The third kappa shape index (κ3) is 4.04. The summed E-state index contributed by atoms with van der Waals surface area (Å²) in [6.45, 7) is 0.779. The lowest BCUT2D eigenvalue weighted by molar-refractivity contribution is 0.254. The number of rotatable bonds is 6. The number of halogens is 1. The first-order valence-electron chi connectivity index (χ1n) is 9.52. The van der Waals surface area contributed by atoms with Crippen molar-refractivity contribution in [2.24, 2.45) is 4.99 Å². The van der Waals surface area contributed by atoms with Crippen molar-refractivity contribution in [1.29, 1.82) is 0 Å². The van der Waals surface area contributed by atoms with Crippen molar-refractivity contribution in [3.63, 3.8) is 0 Å². The number of aliphatic imine (C=N–C) groups is 1. The molecule has 0 amide bonds. The Balaban J connectivity index is 1.89. The van der Waals surface area contributed by atoms with Crippen molar-refractivity contribution in [1.82, 2.24) is 9.88 Å². The molecule has 0 aliphatic carbocycles. The van der Waals surface area contributed by atoms with Gasteiger partial charge in [0.2, 0.25) is 0 Å². The number of hydrogen-bond donors (Lipinski definition) is 1. The van der Waals surface area contributed by atoms with Gasteiger partial charge in [0.25, 0.3) is 0 Å². The van der Waals surface area contributed by atoms with Gasteiger partial charge >= 0.3 is 0 Å². The van der Waals surface area contributed by atoms with Crippen LogP contribution in [-0.4, -0.2) is 41.1 Å². The van der Waals surface area contributed by atoms with Crippen molar-refractivity contribution in [3.05, 3.63) is 88.2 Å². The van der Waals surface area contributed by atoms with Gasteiger partial charge in [-0.3, -0.25) is 0 Å². The molecule has 1 aliphatic rings. The Hall–Kier alpha value is -2.70. The van der Waals surface area contributed by atoms with Gasteiger partial charge in [-0.2, -0.15) is 0 Å². The molecule has 1 aliphatic heterocycles. The van der Waals surface area contributed by atoms with E-state index in [0.29, 0.717) is 18.7 Å². The van der Waals surface area contributed by atoms with Crippen LogP contribution in [0, 0.1) is 0 Å². The normalized spacial score (nSPS) is 15.6. The Labute approximate surface area is 178 Å². The van der Waals surface area contributed by atoms with Crippen LogP contribution in [0.4, 0.5) is 5.69 Å². The van der Waals surface area contributed by atoms with Gasteiger partial charge in [-0.15, -0.1) is 0 Å². The quantitative estimate of drug-likeness (QED) is 0.588. The van der Waals surface area contributed by atoms with E-state index < -0.39 is 0 Å². The van der Waals surface area contributed by atoms with Gasteiger partial charge < -0.3 is 14.7 Å². The number of nitrogens with zero attached hydrogens (tertiary/aromatic N) is 3. The van der Waals surface area contributed by atoms with Gasteiger partial charge in [0.15, 0.2) is 5.84 Å². The minimum absolute atomic E-state index is 0.0216. The van der Waals surface area contributed by atoms with Crippen LogP contribution in [0.15, 0.2) is 76.3 Å². The average Bonchev–Trinajstić information content (AvgIpc) is 2.77. The molecule has 2 heterocycles. The molecule has 1 aromatic heterocycles. The van der Waals surface area contributed by atoms with Crippen molar-refractivity contribution < 1.29 is 9.84 Å². The van der Waals surface area contributed by atoms with Gasteiger partial charge in [0, 0.05) is 23.2 Å². The highest BCUT2D eigenvalue weighted by Gasteiger charge is 2.32. The number of aromatic nitrogens is 1. The van der Waals surface area contributed by atoms with Crippen LogP contribution in [-0.2, 0) is 0 Å². The fourth-order valence-corrected chi connectivity index (χ4v) is 4.00. The molecule has 1 atom stereocenters. The molecule has 0 saturated carbocycles. The molecular weight excluding hydrogens is 430 g/mol. The van der Waals surface area contributed by atoms with E-state index in [2.05, 4.69) is 44.0 Å². The summed E-state index contributed by atoms with van der Waals surface area (Å²) in [5, 5.41) is 9.51. The molecule has 1 N–H and O–H groups in total. The minimum atomic E-state index is -0.0216. The first kappa shape index (κ1) is 19.6. The van der Waals surface area contributed by atoms with Crippen LogP contribution in [0.5, 0.6) is 5.75 Å². The van der Waals surface area contributed by atoms with Crippen molar-refractivity contribution in [2.45, 2.75) is 12.5 Å². The molecule has 29 heavy (non-hydrogen) atoms. The Bertz CT molecular complexity index is 1010. The lowest BCUT2D eigenvalue weighted by Gasteiger charge is -2.38. The van der Waals surface area contributed by atoms with Crippen LogP contribution in [0.3, 0.4) is 0 Å². The lowest BCUT2D eigenvalue weighted by atomic mass is 9.93. The van der Waals surface area contributed by atoms with Crippen LogP contribution in [0.1, 0.15) is 29.3 Å². The smallest absolute Gasteiger partial charge is 0.156 e. The lowest BCUT2D eigenvalue weighted by Crippen LogP contribution is -2.39. The highest BCUT2D eigenvalue weighted by Crippen LogP contribution is 2.41. The molecule has 6 heteroatoms. The monoisotopic (exact) mass is 451 g/mol. The summed E-state index contributed by atoms with van der Waals surface area (Å²) in [5.74, 6) is 1.50. The second-order valence-electron chi connectivity index (χ2n) is 6.81. The minimum Gasteiger partial charge on any atom is -0.495 e. The number of fused-ring (bicyclic) bond motifs is 1. The molecule has 0 spiro atoms. The van der Waals surface area contributed by atoms with Gasteiger partial charge in [-0.25, -0.2) is 9.98 Å². The number of benzene rings is 2. The highest BCUT2D eigenvalue weighted by atomic mass is 79.9. The Kier molecular flexibility index (Phi) is 5.92. The van der Waals surface area contributed by atoms with Crippen molar-refractivity contribution in [2.75, 3.05) is 20.3 Å². The van der Waals surface area contributed by atoms with E-state index in [9.17, 15) is 5.11 Å². The molecule has 148 valence electrons. The summed E-state index contributed by atoms with van der Waals surface area (Å²) in [4.78, 5) is 11.8. The van der Waals surface area contributed by atoms with E-state index >= 15 is 0 Å². The molecule has 2 aromatic carbocycles. The predicted molar refractivity (Wildman–Crippen MR) is 118 cm³/mol. The SMILES string of the molecule is COc1ccc(C2=Nc3ccc(Br)cc3[C@H](c3ccccc3)N2CCCO)nc1. The number of hydrogen-bond acceptors (Lipinski definition) is 5. The molecule has 5 nitrogen and oxygen atoms in total. The second-order valence-corrected chi connectivity index (χ2v) is 7.72. The molecule has 0 saturated heterocycles. The van der Waals surface area contributed by atoms with E-state index in [4.69, 9.17) is 9.73 Å². The average molecular weight is 452 g/mol. The maximum atomic E-state index is 9.51. The molecule has 0 fully saturated rings. The summed E-state index contributed by atoms with van der Waals surface area (Å²) in [6.07, 6.45) is 2.35. The first-order valence-corrected chi connectivity index (χ1v) is 10.3. The Morgan fingerprint density at radius 3 is 2.62 bits per heavy atom. The van der Waals surface area contributed by atoms with E-state index in [1.807, 2.05) is 42.5 Å². The zero-order chi connectivity index (χ0) is 20.2. The van der Waals surface area contributed by atoms with Gasteiger partial charge in [-0.05, 0) is 42.3 Å². The van der Waals surface area contributed by atoms with Gasteiger partial charge in [0.1, 0.15) is 11.4 Å². The van der Waals surface area contributed by atoms with Gasteiger partial charge in [-0.1, -0.05) is 46.3 Å². The largest absolute Gasteiger partial charge is 0.495 e. The molecule has 0 unspecified atom stereocenters. The predicted octanol–water partition coefficient (Wildman–Crippen LogP) is 4.72. The standard InChI is InChI=1S/C23H22BrN3O2/c1-29-18-9-11-21(25-15-18)23-26-20-10-8-17(24)14-19(20)22(27(23)12-5-13-28)16-6-3-2-4-7-16/h2-4,6-11,14-15,22,28H,5,12-13H2,1H3/t22-/m0/s1. The number of pyridine rings is 1.